The highest BCUT2D eigenvalue weighted by molar-refractivity contribution is 7.99. The number of ether oxygens (including phenoxy) is 2. The summed E-state index contributed by atoms with van der Waals surface area (Å²) in [5, 5.41) is 12.6. The minimum atomic E-state index is -0.484. The number of allylic oxidation sites excluding steroid dienone is 1. The molecule has 4 N–H and O–H groups in total. The average molecular weight is 660 g/mol. The number of amides is 1. The van der Waals surface area contributed by atoms with E-state index in [2.05, 4.69) is 47.3 Å². The first kappa shape index (κ1) is 30.6. The lowest BCUT2D eigenvalue weighted by molar-refractivity contribution is 0.148. The lowest BCUT2D eigenvalue weighted by atomic mass is 10.1. The summed E-state index contributed by atoms with van der Waals surface area (Å²) < 4.78 is 17.1. The van der Waals surface area contributed by atoms with Gasteiger partial charge in [-0.25, -0.2) is 14.8 Å². The number of anilines is 2. The molecule has 14 heteroatoms. The minimum Gasteiger partial charge on any atom is -0.471 e. The van der Waals surface area contributed by atoms with E-state index in [-0.39, 0.29) is 19.2 Å². The van der Waals surface area contributed by atoms with Crippen LogP contribution in [-0.2, 0) is 17.9 Å². The third-order valence-corrected chi connectivity index (χ3v) is 8.62. The first-order valence-corrected chi connectivity index (χ1v) is 16.1. The van der Waals surface area contributed by atoms with Crippen molar-refractivity contribution in [1.82, 2.24) is 30.2 Å². The molecule has 0 saturated carbocycles. The lowest BCUT2D eigenvalue weighted by Crippen LogP contribution is -2.34. The summed E-state index contributed by atoms with van der Waals surface area (Å²) in [6, 6.07) is 23.4. The van der Waals surface area contributed by atoms with Crippen molar-refractivity contribution in [1.29, 1.82) is 5.26 Å². The Morgan fingerprint density at radius 1 is 1.12 bits per heavy atom. The average Bonchev–Trinajstić information content (AvgIpc) is 3.76. The summed E-state index contributed by atoms with van der Waals surface area (Å²) in [5.74, 6) is 1.61. The second kappa shape index (κ2) is 13.7. The number of imidazole rings is 1. The van der Waals surface area contributed by atoms with Gasteiger partial charge in [-0.05, 0) is 47.0 Å². The number of hydrogen-bond acceptors (Lipinski definition) is 12. The number of alkyl carbamates (subject to hydrolysis) is 1. The molecular weight excluding hydrogens is 630 g/mol. The van der Waals surface area contributed by atoms with Crippen molar-refractivity contribution in [2.75, 3.05) is 36.1 Å². The molecule has 0 unspecified atom stereocenters. The Bertz CT molecular complexity index is 2140. The Balaban J connectivity index is 0.886. The van der Waals surface area contributed by atoms with Crippen molar-refractivity contribution >= 4 is 63.4 Å². The first-order valence-electron chi connectivity index (χ1n) is 15.1. The molecule has 0 bridgehead atoms. The number of rotatable bonds is 10. The van der Waals surface area contributed by atoms with Crippen molar-refractivity contribution in [3.63, 3.8) is 0 Å². The lowest BCUT2D eigenvalue weighted by Gasteiger charge is -2.30. The zero-order valence-electron chi connectivity index (χ0n) is 25.6. The molecule has 1 aliphatic heterocycles. The molecule has 3 aromatic heterocycles. The van der Waals surface area contributed by atoms with Crippen LogP contribution in [0.3, 0.4) is 0 Å². The highest BCUT2D eigenvalue weighted by Crippen LogP contribution is 2.36. The Kier molecular flexibility index (Phi) is 8.75. The Morgan fingerprint density at radius 2 is 1.98 bits per heavy atom. The number of aromatic nitrogens is 5. The van der Waals surface area contributed by atoms with Crippen LogP contribution in [0.2, 0.25) is 0 Å². The molecule has 0 radical (unpaired) electrons. The Labute approximate surface area is 278 Å². The fourth-order valence-electron chi connectivity index (χ4n) is 5.22. The molecule has 0 fully saturated rings. The molecule has 0 spiro atoms. The second-order valence-electron chi connectivity index (χ2n) is 10.8. The van der Waals surface area contributed by atoms with Crippen LogP contribution in [0.4, 0.5) is 16.4 Å². The quantitative estimate of drug-likeness (QED) is 0.156. The van der Waals surface area contributed by atoms with E-state index in [1.54, 1.807) is 17.8 Å². The highest BCUT2D eigenvalue weighted by atomic mass is 32.2. The fourth-order valence-corrected chi connectivity index (χ4v) is 6.31. The topological polar surface area (TPSA) is 181 Å². The summed E-state index contributed by atoms with van der Waals surface area (Å²) in [4.78, 5) is 35.4. The summed E-state index contributed by atoms with van der Waals surface area (Å²) >= 11 is 1.76. The molecule has 0 saturated heterocycles. The van der Waals surface area contributed by atoms with E-state index in [9.17, 15) is 10.1 Å². The number of H-pyrrole nitrogens is 1. The van der Waals surface area contributed by atoms with Crippen molar-refractivity contribution in [3.05, 3.63) is 95.6 Å². The minimum absolute atomic E-state index is 0.0879. The summed E-state index contributed by atoms with van der Waals surface area (Å²) in [6.45, 7) is 2.22. The smallest absolute Gasteiger partial charge is 0.407 e. The van der Waals surface area contributed by atoms with Gasteiger partial charge in [-0.1, -0.05) is 42.5 Å². The number of carbonyl (C=O) groups is 1. The number of nitriles is 1. The van der Waals surface area contributed by atoms with Gasteiger partial charge in [0.15, 0.2) is 11.2 Å². The molecule has 240 valence electrons. The predicted octanol–water partition coefficient (Wildman–Crippen LogP) is 5.56. The number of oxazole rings is 1. The van der Waals surface area contributed by atoms with E-state index >= 15 is 0 Å². The van der Waals surface area contributed by atoms with E-state index < -0.39 is 6.09 Å². The number of aromatic amines is 1. The molecule has 13 nitrogen and oxygen atoms in total. The number of nitrogens with one attached hydrogen (secondary N) is 2. The molecular formula is C34H29N9O4S. The largest absolute Gasteiger partial charge is 0.471 e. The molecule has 0 aliphatic carbocycles. The second-order valence-corrected chi connectivity index (χ2v) is 11.9. The number of benzene rings is 3. The first-order chi connectivity index (χ1) is 23.5. The zero-order valence-corrected chi connectivity index (χ0v) is 26.4. The number of nitrogens with zero attached hydrogens (tertiary/aromatic N) is 6. The van der Waals surface area contributed by atoms with Gasteiger partial charge in [0.05, 0.1) is 18.6 Å². The van der Waals surface area contributed by atoms with E-state index in [1.807, 2.05) is 60.7 Å². The molecule has 7 rings (SSSR count). The normalized spacial score (nSPS) is 12.9. The van der Waals surface area contributed by atoms with Crippen LogP contribution in [0, 0.1) is 11.3 Å². The number of hydrogen-bond donors (Lipinski definition) is 3. The van der Waals surface area contributed by atoms with Crippen LogP contribution in [0.25, 0.3) is 33.9 Å². The number of nitrogen functional groups attached to an aromatic ring is 1. The predicted molar refractivity (Wildman–Crippen MR) is 182 cm³/mol. The van der Waals surface area contributed by atoms with Gasteiger partial charge in [0.25, 0.3) is 0 Å². The molecule has 6 aromatic rings. The van der Waals surface area contributed by atoms with Gasteiger partial charge in [-0.2, -0.15) is 15.2 Å². The number of thioether (sulfide) groups is 1. The number of fused-ring (bicyclic) bond motifs is 3. The van der Waals surface area contributed by atoms with E-state index in [1.165, 1.54) is 6.33 Å². The molecule has 48 heavy (non-hydrogen) atoms. The summed E-state index contributed by atoms with van der Waals surface area (Å²) in [6.07, 6.45) is 2.81. The molecule has 0 atom stereocenters. The summed E-state index contributed by atoms with van der Waals surface area (Å²) in [7, 11) is 0. The highest BCUT2D eigenvalue weighted by Gasteiger charge is 2.19. The molecule has 1 aliphatic rings. The van der Waals surface area contributed by atoms with Gasteiger partial charge in [-0.3, -0.25) is 0 Å². The Hall–Kier alpha value is -6.07. The maximum absolute atomic E-state index is 12.4. The molecule has 4 heterocycles. The van der Waals surface area contributed by atoms with Crippen molar-refractivity contribution < 1.29 is 18.7 Å². The van der Waals surface area contributed by atoms with E-state index in [0.717, 1.165) is 39.6 Å². The van der Waals surface area contributed by atoms with E-state index in [4.69, 9.17) is 19.6 Å². The maximum Gasteiger partial charge on any atom is 0.407 e. The van der Waals surface area contributed by atoms with Crippen molar-refractivity contribution in [2.45, 2.75) is 18.0 Å². The van der Waals surface area contributed by atoms with Crippen molar-refractivity contribution in [3.8, 4) is 11.9 Å². The SMILES string of the molecule is N#C/C(=C\c1ccc2c(c1)SCCN2CCOC(=O)NCc1ccc(COc2nc(N)nc3nc[nH]c23)cc1)c1nc2ccccc2o1. The zero-order chi connectivity index (χ0) is 32.9. The fraction of sp³-hybridized carbons (Fsp3) is 0.176. The van der Waals surface area contributed by atoms with Crippen LogP contribution in [0.15, 0.2) is 82.4 Å². The maximum atomic E-state index is 12.4. The summed E-state index contributed by atoms with van der Waals surface area (Å²) in [5.41, 5.74) is 12.3. The van der Waals surface area contributed by atoms with Gasteiger partial charge in [0.2, 0.25) is 17.7 Å². The van der Waals surface area contributed by atoms with Crippen LogP contribution in [0.1, 0.15) is 22.6 Å². The third-order valence-electron chi connectivity index (χ3n) is 7.60. The van der Waals surface area contributed by atoms with E-state index in [0.29, 0.717) is 52.7 Å². The van der Waals surface area contributed by atoms with Crippen LogP contribution in [-0.4, -0.2) is 56.5 Å². The van der Waals surface area contributed by atoms with Gasteiger partial charge >= 0.3 is 6.09 Å². The monoisotopic (exact) mass is 659 g/mol. The van der Waals surface area contributed by atoms with Gasteiger partial charge in [-0.15, -0.1) is 11.8 Å². The van der Waals surface area contributed by atoms with Gasteiger partial charge in [0.1, 0.15) is 35.9 Å². The van der Waals surface area contributed by atoms with Gasteiger partial charge in [0, 0.05) is 23.7 Å². The Morgan fingerprint density at radius 3 is 2.83 bits per heavy atom. The number of nitrogens with two attached hydrogens (primary N) is 1. The number of carbonyl (C=O) groups excluding carboxylic acids is 1. The third kappa shape index (κ3) is 6.86. The van der Waals surface area contributed by atoms with Crippen LogP contribution >= 0.6 is 11.8 Å². The number of para-hydroxylation sites is 2. The standard InChI is InChI=1S/C34H29N9O4S/c35-17-24(31-40-25-3-1-2-4-27(25)47-31)15-23-9-10-26-28(16-23)48-14-12-43(26)11-13-45-34(44)37-18-21-5-7-22(8-6-21)19-46-32-29-30(39-20-38-29)41-33(36)42-32/h1-10,15-16,20H,11-14,18-19H2,(H,37,44)(H3,36,38,39,41,42)/b24-15+. The molecule has 1 amide bonds. The van der Waals surface area contributed by atoms with Crippen LogP contribution < -0.4 is 20.7 Å². The van der Waals surface area contributed by atoms with Crippen LogP contribution in [0.5, 0.6) is 5.88 Å². The van der Waals surface area contributed by atoms with Crippen molar-refractivity contribution in [2.24, 2.45) is 0 Å². The van der Waals surface area contributed by atoms with Gasteiger partial charge < -0.3 is 34.8 Å². The molecule has 3 aromatic carbocycles.